The summed E-state index contributed by atoms with van der Waals surface area (Å²) < 4.78 is 33.6. The Labute approximate surface area is 203 Å². The molecule has 2 heterocycles. The van der Waals surface area contributed by atoms with Gasteiger partial charge in [0, 0.05) is 6.54 Å². The Kier molecular flexibility index (Phi) is 7.72. The van der Waals surface area contributed by atoms with Crippen LogP contribution < -0.4 is 10.6 Å². The molecule has 1 saturated heterocycles. The maximum Gasteiger partial charge on any atom is 0.413 e. The Morgan fingerprint density at radius 1 is 1.14 bits per heavy atom. The first kappa shape index (κ1) is 26.1. The molecule has 1 aliphatic heterocycles. The maximum absolute atomic E-state index is 15.0. The van der Waals surface area contributed by atoms with Gasteiger partial charge in [0.15, 0.2) is 0 Å². The van der Waals surface area contributed by atoms with E-state index < -0.39 is 41.5 Å². The van der Waals surface area contributed by atoms with Crippen LogP contribution in [0, 0.1) is 18.7 Å². The number of piperidine rings is 1. The molecular formula is C25H30F2N4O4. The van der Waals surface area contributed by atoms with E-state index in [-0.39, 0.29) is 30.4 Å². The number of rotatable bonds is 3. The zero-order valence-corrected chi connectivity index (χ0v) is 20.4. The quantitative estimate of drug-likeness (QED) is 0.607. The fraction of sp³-hybridized carbons (Fsp3) is 0.440. The molecule has 1 aliphatic rings. The molecule has 10 heteroatoms. The second kappa shape index (κ2) is 10.4. The molecule has 0 spiro atoms. The van der Waals surface area contributed by atoms with Crippen molar-refractivity contribution < 1.29 is 27.9 Å². The number of likely N-dealkylation sites (tertiary alicyclic amines) is 1. The van der Waals surface area contributed by atoms with Gasteiger partial charge in [-0.15, -0.1) is 0 Å². The molecule has 0 saturated carbocycles. The highest BCUT2D eigenvalue weighted by molar-refractivity contribution is 6.39. The Balaban J connectivity index is 1.73. The molecule has 0 unspecified atom stereocenters. The van der Waals surface area contributed by atoms with Crippen LogP contribution in [0.5, 0.6) is 0 Å². The summed E-state index contributed by atoms with van der Waals surface area (Å²) in [5.41, 5.74) is 0.501. The monoisotopic (exact) mass is 488 g/mol. The summed E-state index contributed by atoms with van der Waals surface area (Å²) in [7, 11) is 0. The number of anilines is 2. The number of nitrogens with zero attached hydrogens (tertiary/aromatic N) is 2. The lowest BCUT2D eigenvalue weighted by molar-refractivity contribution is -0.148. The largest absolute Gasteiger partial charge is 0.444 e. The standard InChI is InChI=1S/C25H30F2N4O4/c1-14-10-19(27)20(16-6-8-17(26)9-7-16)31(13-14)23(33)22(32)29-18-11-15(2)21(28-12-18)30-24(34)35-25(3,4)5/h6-9,11-12,14,19-20H,10,13H2,1-5H3,(H,29,32)(H,28,30,34)/t14-,19-,20+/m0/s1. The summed E-state index contributed by atoms with van der Waals surface area (Å²) in [5.74, 6) is -2.24. The lowest BCUT2D eigenvalue weighted by Gasteiger charge is -2.40. The van der Waals surface area contributed by atoms with E-state index in [1.165, 1.54) is 35.4 Å². The van der Waals surface area contributed by atoms with Gasteiger partial charge >= 0.3 is 17.9 Å². The number of carbonyl (C=O) groups is 3. The van der Waals surface area contributed by atoms with E-state index in [0.717, 1.165) is 0 Å². The number of benzene rings is 1. The first-order valence-corrected chi connectivity index (χ1v) is 11.3. The molecule has 1 aromatic heterocycles. The van der Waals surface area contributed by atoms with Crippen molar-refractivity contribution in [3.05, 3.63) is 53.5 Å². The van der Waals surface area contributed by atoms with Crippen LogP contribution in [0.3, 0.4) is 0 Å². The fourth-order valence-corrected chi connectivity index (χ4v) is 3.98. The van der Waals surface area contributed by atoms with Crippen LogP contribution >= 0.6 is 0 Å². The van der Waals surface area contributed by atoms with Crippen molar-refractivity contribution >= 4 is 29.4 Å². The summed E-state index contributed by atoms with van der Waals surface area (Å²) >= 11 is 0. The van der Waals surface area contributed by atoms with Gasteiger partial charge in [-0.2, -0.15) is 0 Å². The van der Waals surface area contributed by atoms with Crippen LogP contribution in [0.1, 0.15) is 51.3 Å². The van der Waals surface area contributed by atoms with E-state index in [1.54, 1.807) is 40.7 Å². The predicted molar refractivity (Wildman–Crippen MR) is 127 cm³/mol. The number of amides is 3. The normalized spacial score (nSPS) is 20.2. The van der Waals surface area contributed by atoms with Crippen molar-refractivity contribution in [2.45, 2.75) is 58.9 Å². The van der Waals surface area contributed by atoms with E-state index in [0.29, 0.717) is 11.1 Å². The molecule has 2 N–H and O–H groups in total. The second-order valence-corrected chi connectivity index (χ2v) is 9.78. The van der Waals surface area contributed by atoms with Crippen LogP contribution in [0.4, 0.5) is 25.1 Å². The van der Waals surface area contributed by atoms with Crippen LogP contribution in [-0.2, 0) is 14.3 Å². The number of carbonyl (C=O) groups excluding carboxylic acids is 3. The third-order valence-electron chi connectivity index (χ3n) is 5.44. The molecule has 0 radical (unpaired) electrons. The second-order valence-electron chi connectivity index (χ2n) is 9.78. The predicted octanol–water partition coefficient (Wildman–Crippen LogP) is 4.76. The number of halogens is 2. The number of aromatic nitrogens is 1. The molecule has 3 rings (SSSR count). The summed E-state index contributed by atoms with van der Waals surface area (Å²) in [4.78, 5) is 43.1. The van der Waals surface area contributed by atoms with Crippen LogP contribution in [0.2, 0.25) is 0 Å². The molecule has 3 atom stereocenters. The number of ether oxygens (including phenoxy) is 1. The van der Waals surface area contributed by atoms with Crippen LogP contribution in [0.25, 0.3) is 0 Å². The minimum absolute atomic E-state index is 0.152. The van der Waals surface area contributed by atoms with E-state index in [1.807, 2.05) is 0 Å². The fourth-order valence-electron chi connectivity index (χ4n) is 3.98. The van der Waals surface area contributed by atoms with E-state index in [9.17, 15) is 18.8 Å². The Hall–Kier alpha value is -3.56. The van der Waals surface area contributed by atoms with Gasteiger partial charge in [-0.1, -0.05) is 19.1 Å². The van der Waals surface area contributed by atoms with E-state index >= 15 is 4.39 Å². The molecule has 0 aliphatic carbocycles. The van der Waals surface area contributed by atoms with E-state index in [2.05, 4.69) is 15.6 Å². The number of nitrogens with one attached hydrogen (secondary N) is 2. The number of aryl methyl sites for hydroxylation is 1. The lowest BCUT2D eigenvalue weighted by atomic mass is 9.88. The minimum atomic E-state index is -1.40. The zero-order chi connectivity index (χ0) is 25.9. The molecule has 1 aromatic carbocycles. The third kappa shape index (κ3) is 6.74. The molecule has 1 fully saturated rings. The maximum atomic E-state index is 15.0. The first-order chi connectivity index (χ1) is 16.3. The third-order valence-corrected chi connectivity index (χ3v) is 5.44. The summed E-state index contributed by atoms with van der Waals surface area (Å²) in [6.07, 6.45) is -0.558. The van der Waals surface area contributed by atoms with Gasteiger partial charge in [0.2, 0.25) is 0 Å². The van der Waals surface area contributed by atoms with Gasteiger partial charge in [0.25, 0.3) is 0 Å². The molecule has 8 nitrogen and oxygen atoms in total. The lowest BCUT2D eigenvalue weighted by Crippen LogP contribution is -2.50. The van der Waals surface area contributed by atoms with Crippen LogP contribution in [0.15, 0.2) is 36.5 Å². The highest BCUT2D eigenvalue weighted by Gasteiger charge is 2.40. The van der Waals surface area contributed by atoms with E-state index in [4.69, 9.17) is 4.74 Å². The highest BCUT2D eigenvalue weighted by Crippen LogP contribution is 2.36. The highest BCUT2D eigenvalue weighted by atomic mass is 19.1. The Morgan fingerprint density at radius 2 is 1.80 bits per heavy atom. The minimum Gasteiger partial charge on any atom is -0.444 e. The Bertz CT molecular complexity index is 1100. The van der Waals surface area contributed by atoms with Crippen molar-refractivity contribution in [3.8, 4) is 0 Å². The van der Waals surface area contributed by atoms with Crippen molar-refractivity contribution in [2.75, 3.05) is 17.2 Å². The molecular weight excluding hydrogens is 458 g/mol. The average molecular weight is 489 g/mol. The van der Waals surface area contributed by atoms with Gasteiger partial charge in [-0.25, -0.2) is 18.6 Å². The molecule has 2 aromatic rings. The summed E-state index contributed by atoms with van der Waals surface area (Å²) in [6, 6.07) is 5.78. The first-order valence-electron chi connectivity index (χ1n) is 11.3. The average Bonchev–Trinajstić information content (AvgIpc) is 2.74. The van der Waals surface area contributed by atoms with Crippen molar-refractivity contribution in [1.29, 1.82) is 0 Å². The molecule has 0 bridgehead atoms. The SMILES string of the molecule is Cc1cc(NC(=O)C(=O)N2C[C@@H](C)C[C@H](F)[C@H]2c2ccc(F)cc2)cnc1NC(=O)OC(C)(C)C. The van der Waals surface area contributed by atoms with Gasteiger partial charge in [0.05, 0.1) is 17.9 Å². The summed E-state index contributed by atoms with van der Waals surface area (Å²) in [6.45, 7) is 8.86. The number of hydrogen-bond donors (Lipinski definition) is 2. The zero-order valence-electron chi connectivity index (χ0n) is 20.4. The molecule has 188 valence electrons. The van der Waals surface area contributed by atoms with Crippen molar-refractivity contribution in [3.63, 3.8) is 0 Å². The number of pyridine rings is 1. The molecule has 3 amide bonds. The van der Waals surface area contributed by atoms with Gasteiger partial charge in [-0.3, -0.25) is 14.9 Å². The van der Waals surface area contributed by atoms with Crippen molar-refractivity contribution in [1.82, 2.24) is 9.88 Å². The number of alkyl halides is 1. The molecule has 35 heavy (non-hydrogen) atoms. The number of hydrogen-bond acceptors (Lipinski definition) is 5. The van der Waals surface area contributed by atoms with Crippen molar-refractivity contribution in [2.24, 2.45) is 5.92 Å². The van der Waals surface area contributed by atoms with Gasteiger partial charge in [-0.05, 0) is 69.4 Å². The smallest absolute Gasteiger partial charge is 0.413 e. The topological polar surface area (TPSA) is 101 Å². The van der Waals surface area contributed by atoms with Gasteiger partial charge < -0.3 is 15.0 Å². The van der Waals surface area contributed by atoms with Gasteiger partial charge in [0.1, 0.15) is 23.4 Å². The summed E-state index contributed by atoms with van der Waals surface area (Å²) in [5, 5.41) is 5.02. The Morgan fingerprint density at radius 3 is 2.40 bits per heavy atom. The van der Waals surface area contributed by atoms with Crippen LogP contribution in [-0.4, -0.2) is 46.1 Å².